The highest BCUT2D eigenvalue weighted by Gasteiger charge is 2.14. The molecule has 0 saturated heterocycles. The molecule has 0 saturated carbocycles. The van der Waals surface area contributed by atoms with Crippen LogP contribution >= 0.6 is 11.8 Å². The SMILES string of the molecule is CSC1C=CC(/C=C(\c2ccc(F)cc2)C(C)NCc2ccc(C(=O)NO)cc2)=CC1. The molecule has 162 valence electrons. The van der Waals surface area contributed by atoms with Crippen molar-refractivity contribution >= 4 is 23.2 Å². The van der Waals surface area contributed by atoms with Crippen LogP contribution < -0.4 is 10.8 Å². The molecule has 6 heteroatoms. The Hall–Kier alpha value is -2.67. The Kier molecular flexibility index (Phi) is 8.23. The number of carbonyl (C=O) groups excluding carboxylic acids is 1. The maximum absolute atomic E-state index is 13.5. The van der Waals surface area contributed by atoms with Gasteiger partial charge in [0, 0.05) is 23.4 Å². The van der Waals surface area contributed by atoms with E-state index in [1.807, 2.05) is 23.9 Å². The molecule has 3 rings (SSSR count). The number of hydrogen-bond donors (Lipinski definition) is 3. The molecule has 1 aliphatic carbocycles. The minimum absolute atomic E-state index is 0.0125. The Labute approximate surface area is 186 Å². The second-order valence-electron chi connectivity index (χ2n) is 7.42. The first-order valence-electron chi connectivity index (χ1n) is 10.2. The number of amides is 1. The zero-order valence-electron chi connectivity index (χ0n) is 17.6. The van der Waals surface area contributed by atoms with E-state index in [1.165, 1.54) is 12.1 Å². The van der Waals surface area contributed by atoms with Gasteiger partial charge in [0.25, 0.3) is 5.91 Å². The van der Waals surface area contributed by atoms with Gasteiger partial charge in [-0.05, 0) is 72.2 Å². The molecule has 0 aliphatic heterocycles. The fourth-order valence-electron chi connectivity index (χ4n) is 3.40. The van der Waals surface area contributed by atoms with E-state index in [2.05, 4.69) is 42.8 Å². The number of rotatable bonds is 8. The lowest BCUT2D eigenvalue weighted by Gasteiger charge is -2.20. The van der Waals surface area contributed by atoms with Gasteiger partial charge in [-0.1, -0.05) is 42.5 Å². The Morgan fingerprint density at radius 1 is 1.19 bits per heavy atom. The molecular formula is C25H27FN2O2S. The number of benzene rings is 2. The standard InChI is InChI=1S/C25H27FN2O2S/c1-17(27-16-19-3-7-21(8-4-19)25(29)28-30)24(20-9-11-22(26)12-10-20)15-18-5-13-23(31-2)14-6-18/h3-13,15,17,23,27,30H,14,16H2,1-2H3,(H,28,29)/b24-15-. The molecule has 0 fully saturated rings. The quantitative estimate of drug-likeness (QED) is 0.395. The molecule has 3 N–H and O–H groups in total. The van der Waals surface area contributed by atoms with Gasteiger partial charge in [-0.25, -0.2) is 9.87 Å². The van der Waals surface area contributed by atoms with Crippen molar-refractivity contribution in [3.63, 3.8) is 0 Å². The van der Waals surface area contributed by atoms with Crippen LogP contribution in [0, 0.1) is 5.82 Å². The summed E-state index contributed by atoms with van der Waals surface area (Å²) < 4.78 is 13.5. The van der Waals surface area contributed by atoms with Crippen LogP contribution in [0.4, 0.5) is 4.39 Å². The van der Waals surface area contributed by atoms with E-state index in [-0.39, 0.29) is 11.9 Å². The Morgan fingerprint density at radius 3 is 2.45 bits per heavy atom. The lowest BCUT2D eigenvalue weighted by atomic mass is 9.95. The summed E-state index contributed by atoms with van der Waals surface area (Å²) in [6, 6.07) is 13.6. The van der Waals surface area contributed by atoms with E-state index in [4.69, 9.17) is 5.21 Å². The largest absolute Gasteiger partial charge is 0.306 e. The van der Waals surface area contributed by atoms with Crippen molar-refractivity contribution in [2.45, 2.75) is 31.2 Å². The topological polar surface area (TPSA) is 61.4 Å². The van der Waals surface area contributed by atoms with Gasteiger partial charge in [0.05, 0.1) is 0 Å². The normalized spacial score (nSPS) is 17.2. The molecule has 1 aliphatic rings. The van der Waals surface area contributed by atoms with Crippen molar-refractivity contribution in [3.05, 3.63) is 101 Å². The minimum atomic E-state index is -0.535. The highest BCUT2D eigenvalue weighted by Crippen LogP contribution is 2.26. The molecule has 0 spiro atoms. The Morgan fingerprint density at radius 2 is 1.87 bits per heavy atom. The fraction of sp³-hybridized carbons (Fsp3) is 0.240. The zero-order chi connectivity index (χ0) is 22.2. The Balaban J connectivity index is 1.76. The number of carbonyl (C=O) groups is 1. The van der Waals surface area contributed by atoms with Crippen LogP contribution in [0.15, 0.2) is 78.4 Å². The van der Waals surface area contributed by atoms with Crippen LogP contribution in [0.25, 0.3) is 5.57 Å². The van der Waals surface area contributed by atoms with Crippen molar-refractivity contribution in [2.75, 3.05) is 6.26 Å². The maximum Gasteiger partial charge on any atom is 0.274 e. The predicted molar refractivity (Wildman–Crippen MR) is 126 cm³/mol. The van der Waals surface area contributed by atoms with Gasteiger partial charge in [-0.15, -0.1) is 0 Å². The summed E-state index contributed by atoms with van der Waals surface area (Å²) >= 11 is 1.84. The van der Waals surface area contributed by atoms with Gasteiger partial charge in [-0.2, -0.15) is 11.8 Å². The summed E-state index contributed by atoms with van der Waals surface area (Å²) in [7, 11) is 0. The van der Waals surface area contributed by atoms with Crippen LogP contribution in [0.5, 0.6) is 0 Å². The average molecular weight is 439 g/mol. The van der Waals surface area contributed by atoms with Crippen LogP contribution in [0.2, 0.25) is 0 Å². The van der Waals surface area contributed by atoms with E-state index in [0.717, 1.165) is 28.7 Å². The summed E-state index contributed by atoms with van der Waals surface area (Å²) in [5, 5.41) is 12.8. The first-order chi connectivity index (χ1) is 15.0. The monoisotopic (exact) mass is 438 g/mol. The summed E-state index contributed by atoms with van der Waals surface area (Å²) in [5.74, 6) is -0.790. The molecular weight excluding hydrogens is 411 g/mol. The molecule has 31 heavy (non-hydrogen) atoms. The van der Waals surface area contributed by atoms with Crippen molar-refractivity contribution in [2.24, 2.45) is 0 Å². The number of hydrogen-bond acceptors (Lipinski definition) is 4. The van der Waals surface area contributed by atoms with Crippen molar-refractivity contribution in [3.8, 4) is 0 Å². The average Bonchev–Trinajstić information content (AvgIpc) is 2.82. The van der Waals surface area contributed by atoms with E-state index >= 15 is 0 Å². The predicted octanol–water partition coefficient (Wildman–Crippen LogP) is 5.12. The Bertz CT molecular complexity index is 982. The van der Waals surface area contributed by atoms with Crippen LogP contribution in [-0.4, -0.2) is 28.7 Å². The van der Waals surface area contributed by atoms with E-state index in [1.54, 1.807) is 29.7 Å². The van der Waals surface area contributed by atoms with Gasteiger partial charge < -0.3 is 5.32 Å². The fourth-order valence-corrected chi connectivity index (χ4v) is 3.92. The summed E-state index contributed by atoms with van der Waals surface area (Å²) in [6.45, 7) is 2.69. The molecule has 4 nitrogen and oxygen atoms in total. The molecule has 0 aromatic heterocycles. The van der Waals surface area contributed by atoms with Crippen molar-refractivity contribution < 1.29 is 14.4 Å². The van der Waals surface area contributed by atoms with Gasteiger partial charge in [-0.3, -0.25) is 10.0 Å². The molecule has 2 unspecified atom stereocenters. The van der Waals surface area contributed by atoms with Gasteiger partial charge in [0.2, 0.25) is 0 Å². The molecule has 0 bridgehead atoms. The van der Waals surface area contributed by atoms with E-state index < -0.39 is 5.91 Å². The summed E-state index contributed by atoms with van der Waals surface area (Å²) in [6.07, 6.45) is 11.9. The smallest absolute Gasteiger partial charge is 0.274 e. The third-order valence-electron chi connectivity index (χ3n) is 5.29. The van der Waals surface area contributed by atoms with Crippen molar-refractivity contribution in [1.29, 1.82) is 0 Å². The van der Waals surface area contributed by atoms with Crippen LogP contribution in [0.1, 0.15) is 34.8 Å². The lowest BCUT2D eigenvalue weighted by Crippen LogP contribution is -2.27. The van der Waals surface area contributed by atoms with Crippen LogP contribution in [-0.2, 0) is 6.54 Å². The molecule has 2 atom stereocenters. The van der Waals surface area contributed by atoms with Gasteiger partial charge in [0.15, 0.2) is 0 Å². The molecule has 0 heterocycles. The number of hydroxylamine groups is 1. The number of thioether (sulfide) groups is 1. The third-order valence-corrected chi connectivity index (χ3v) is 6.24. The first-order valence-corrected chi connectivity index (χ1v) is 11.4. The highest BCUT2D eigenvalue weighted by molar-refractivity contribution is 7.99. The van der Waals surface area contributed by atoms with Crippen LogP contribution in [0.3, 0.4) is 0 Å². The van der Waals surface area contributed by atoms with E-state index in [0.29, 0.717) is 17.4 Å². The third kappa shape index (κ3) is 6.40. The van der Waals surface area contributed by atoms with Crippen molar-refractivity contribution in [1.82, 2.24) is 10.8 Å². The summed E-state index contributed by atoms with van der Waals surface area (Å²) in [4.78, 5) is 11.5. The molecule has 2 aromatic rings. The second-order valence-corrected chi connectivity index (χ2v) is 8.50. The number of allylic oxidation sites excluding steroid dienone is 4. The molecule has 0 radical (unpaired) electrons. The molecule has 2 aromatic carbocycles. The minimum Gasteiger partial charge on any atom is -0.306 e. The lowest BCUT2D eigenvalue weighted by molar-refractivity contribution is 0.0706. The second kappa shape index (κ2) is 11.1. The zero-order valence-corrected chi connectivity index (χ0v) is 18.5. The number of halogens is 1. The van der Waals surface area contributed by atoms with E-state index in [9.17, 15) is 9.18 Å². The summed E-state index contributed by atoms with van der Waals surface area (Å²) in [5.41, 5.74) is 6.24. The molecule has 1 amide bonds. The number of nitrogens with one attached hydrogen (secondary N) is 2. The van der Waals surface area contributed by atoms with Gasteiger partial charge in [0.1, 0.15) is 5.82 Å². The van der Waals surface area contributed by atoms with Gasteiger partial charge >= 0.3 is 0 Å². The maximum atomic E-state index is 13.5. The first kappa shape index (κ1) is 23.0. The highest BCUT2D eigenvalue weighted by atomic mass is 32.2.